The Labute approximate surface area is 100 Å². The number of hydrogen-bond acceptors (Lipinski definition) is 4. The third kappa shape index (κ3) is 2.20. The van der Waals surface area contributed by atoms with Gasteiger partial charge in [0.25, 0.3) is 0 Å². The Kier molecular flexibility index (Phi) is 2.95. The molecule has 1 heterocycles. The van der Waals surface area contributed by atoms with Gasteiger partial charge in [0, 0.05) is 6.20 Å². The van der Waals surface area contributed by atoms with E-state index in [9.17, 15) is 0 Å². The second-order valence-electron chi connectivity index (χ2n) is 3.94. The lowest BCUT2D eigenvalue weighted by atomic mass is 10.0. The second kappa shape index (κ2) is 4.41. The van der Waals surface area contributed by atoms with E-state index in [2.05, 4.69) is 9.97 Å². The molecule has 4 heteroatoms. The van der Waals surface area contributed by atoms with Crippen LogP contribution < -0.4 is 10.5 Å². The number of benzene rings is 1. The van der Waals surface area contributed by atoms with E-state index < -0.39 is 0 Å². The fraction of sp³-hybridized carbons (Fsp3) is 0.231. The number of methoxy groups -OCH3 is 1. The molecule has 4 nitrogen and oxygen atoms in total. The number of hydrogen-bond donors (Lipinski definition) is 1. The molecule has 1 aromatic carbocycles. The van der Waals surface area contributed by atoms with Crippen molar-refractivity contribution in [3.63, 3.8) is 0 Å². The maximum Gasteiger partial charge on any atom is 0.165 e. The van der Waals surface area contributed by atoms with Gasteiger partial charge in [-0.2, -0.15) is 0 Å². The molecule has 2 aromatic rings. The topological polar surface area (TPSA) is 61.0 Å². The van der Waals surface area contributed by atoms with Gasteiger partial charge in [0.2, 0.25) is 0 Å². The van der Waals surface area contributed by atoms with E-state index in [0.717, 1.165) is 11.3 Å². The van der Waals surface area contributed by atoms with Crippen LogP contribution in [0.3, 0.4) is 0 Å². The van der Waals surface area contributed by atoms with Gasteiger partial charge in [0.05, 0.1) is 12.7 Å². The minimum atomic E-state index is 0.454. The summed E-state index contributed by atoms with van der Waals surface area (Å²) < 4.78 is 5.35. The van der Waals surface area contributed by atoms with Gasteiger partial charge >= 0.3 is 0 Å². The SMILES string of the molecule is COc1cc(C)c(C)cc1-c1nccc(N)n1. The Hall–Kier alpha value is -2.10. The van der Waals surface area contributed by atoms with Gasteiger partial charge in [0.15, 0.2) is 5.82 Å². The van der Waals surface area contributed by atoms with Gasteiger partial charge in [-0.25, -0.2) is 9.97 Å². The van der Waals surface area contributed by atoms with Crippen molar-refractivity contribution >= 4 is 5.82 Å². The van der Waals surface area contributed by atoms with Crippen LogP contribution in [0.25, 0.3) is 11.4 Å². The molecule has 0 saturated carbocycles. The van der Waals surface area contributed by atoms with Crippen molar-refractivity contribution in [3.05, 3.63) is 35.5 Å². The van der Waals surface area contributed by atoms with E-state index in [0.29, 0.717) is 11.6 Å². The summed E-state index contributed by atoms with van der Waals surface area (Å²) >= 11 is 0. The maximum absolute atomic E-state index is 5.66. The predicted octanol–water partition coefficient (Wildman–Crippen LogP) is 2.35. The van der Waals surface area contributed by atoms with E-state index in [1.807, 2.05) is 26.0 Å². The minimum absolute atomic E-state index is 0.454. The smallest absolute Gasteiger partial charge is 0.165 e. The van der Waals surface area contributed by atoms with Crippen LogP contribution in [0.15, 0.2) is 24.4 Å². The van der Waals surface area contributed by atoms with Crippen molar-refractivity contribution < 1.29 is 4.74 Å². The standard InChI is InChI=1S/C13H15N3O/c1-8-6-10(11(17-3)7-9(8)2)13-15-5-4-12(14)16-13/h4-7H,1-3H3,(H2,14,15,16). The lowest BCUT2D eigenvalue weighted by Crippen LogP contribution is -1.98. The number of nitrogen functional groups attached to an aromatic ring is 1. The summed E-state index contributed by atoms with van der Waals surface area (Å²) in [5.41, 5.74) is 8.88. The highest BCUT2D eigenvalue weighted by atomic mass is 16.5. The molecule has 0 saturated heterocycles. The molecule has 2 N–H and O–H groups in total. The predicted molar refractivity (Wildman–Crippen MR) is 67.9 cm³/mol. The molecule has 0 bridgehead atoms. The van der Waals surface area contributed by atoms with Crippen LogP contribution in [0.2, 0.25) is 0 Å². The molecule has 0 atom stereocenters. The molecule has 17 heavy (non-hydrogen) atoms. The minimum Gasteiger partial charge on any atom is -0.496 e. The van der Waals surface area contributed by atoms with Gasteiger partial charge < -0.3 is 10.5 Å². The van der Waals surface area contributed by atoms with Crippen LogP contribution in [0.1, 0.15) is 11.1 Å². The normalized spacial score (nSPS) is 10.3. The lowest BCUT2D eigenvalue weighted by molar-refractivity contribution is 0.415. The van der Waals surface area contributed by atoms with E-state index in [1.54, 1.807) is 19.4 Å². The molecule has 0 amide bonds. The Balaban J connectivity index is 2.62. The highest BCUT2D eigenvalue weighted by Gasteiger charge is 2.10. The highest BCUT2D eigenvalue weighted by Crippen LogP contribution is 2.30. The van der Waals surface area contributed by atoms with Gasteiger partial charge in [-0.3, -0.25) is 0 Å². The maximum atomic E-state index is 5.66. The number of aromatic nitrogens is 2. The summed E-state index contributed by atoms with van der Waals surface area (Å²) in [6.45, 7) is 4.09. The molecule has 0 fully saturated rings. The molecule has 0 aliphatic carbocycles. The van der Waals surface area contributed by atoms with Crippen molar-refractivity contribution in [2.75, 3.05) is 12.8 Å². The molecule has 2 rings (SSSR count). The van der Waals surface area contributed by atoms with Crippen LogP contribution in [-0.2, 0) is 0 Å². The first-order chi connectivity index (χ1) is 8.11. The summed E-state index contributed by atoms with van der Waals surface area (Å²) in [6, 6.07) is 5.66. The Bertz CT molecular complexity index is 552. The summed E-state index contributed by atoms with van der Waals surface area (Å²) in [4.78, 5) is 8.43. The summed E-state index contributed by atoms with van der Waals surface area (Å²) in [6.07, 6.45) is 1.65. The van der Waals surface area contributed by atoms with Crippen molar-refractivity contribution in [2.24, 2.45) is 0 Å². The van der Waals surface area contributed by atoms with E-state index >= 15 is 0 Å². The molecule has 88 valence electrons. The van der Waals surface area contributed by atoms with Crippen LogP contribution in [-0.4, -0.2) is 17.1 Å². The second-order valence-corrected chi connectivity index (χ2v) is 3.94. The zero-order chi connectivity index (χ0) is 12.4. The van der Waals surface area contributed by atoms with Crippen LogP contribution in [0, 0.1) is 13.8 Å². The van der Waals surface area contributed by atoms with Crippen molar-refractivity contribution in [2.45, 2.75) is 13.8 Å². The molecule has 0 aliphatic rings. The molecule has 0 unspecified atom stereocenters. The fourth-order valence-corrected chi connectivity index (χ4v) is 1.64. The zero-order valence-corrected chi connectivity index (χ0v) is 10.2. The van der Waals surface area contributed by atoms with Crippen LogP contribution in [0.4, 0.5) is 5.82 Å². The first-order valence-corrected chi connectivity index (χ1v) is 5.36. The lowest BCUT2D eigenvalue weighted by Gasteiger charge is -2.10. The van der Waals surface area contributed by atoms with E-state index in [4.69, 9.17) is 10.5 Å². The highest BCUT2D eigenvalue weighted by molar-refractivity contribution is 5.67. The average molecular weight is 229 g/mol. The van der Waals surface area contributed by atoms with E-state index in [1.165, 1.54) is 11.1 Å². The molecular formula is C13H15N3O. The summed E-state index contributed by atoms with van der Waals surface area (Å²) in [7, 11) is 1.64. The number of nitrogens with two attached hydrogens (primary N) is 1. The third-order valence-electron chi connectivity index (χ3n) is 2.73. The van der Waals surface area contributed by atoms with Gasteiger partial charge in [-0.15, -0.1) is 0 Å². The van der Waals surface area contributed by atoms with Crippen molar-refractivity contribution in [1.29, 1.82) is 0 Å². The van der Waals surface area contributed by atoms with Gasteiger partial charge in [0.1, 0.15) is 11.6 Å². The Morgan fingerprint density at radius 3 is 2.53 bits per heavy atom. The molecule has 0 spiro atoms. The first kappa shape index (κ1) is 11.4. The molecule has 0 radical (unpaired) electrons. The molecule has 1 aromatic heterocycles. The number of nitrogens with zero attached hydrogens (tertiary/aromatic N) is 2. The molecular weight excluding hydrogens is 214 g/mol. The monoisotopic (exact) mass is 229 g/mol. The number of anilines is 1. The number of ether oxygens (including phenoxy) is 1. The van der Waals surface area contributed by atoms with E-state index in [-0.39, 0.29) is 0 Å². The average Bonchev–Trinajstić information content (AvgIpc) is 2.32. The number of rotatable bonds is 2. The first-order valence-electron chi connectivity index (χ1n) is 5.36. The fourth-order valence-electron chi connectivity index (χ4n) is 1.64. The largest absolute Gasteiger partial charge is 0.496 e. The van der Waals surface area contributed by atoms with Crippen LogP contribution in [0.5, 0.6) is 5.75 Å². The zero-order valence-electron chi connectivity index (χ0n) is 10.2. The molecule has 0 aliphatic heterocycles. The van der Waals surface area contributed by atoms with Crippen molar-refractivity contribution in [1.82, 2.24) is 9.97 Å². The number of aryl methyl sites for hydroxylation is 2. The van der Waals surface area contributed by atoms with Crippen LogP contribution >= 0.6 is 0 Å². The Morgan fingerprint density at radius 1 is 1.18 bits per heavy atom. The summed E-state index contributed by atoms with van der Waals surface area (Å²) in [5, 5.41) is 0. The van der Waals surface area contributed by atoms with Gasteiger partial charge in [-0.1, -0.05) is 0 Å². The third-order valence-corrected chi connectivity index (χ3v) is 2.73. The van der Waals surface area contributed by atoms with Crippen molar-refractivity contribution in [3.8, 4) is 17.1 Å². The summed E-state index contributed by atoms with van der Waals surface area (Å²) in [5.74, 6) is 1.80. The quantitative estimate of drug-likeness (QED) is 0.858. The Morgan fingerprint density at radius 2 is 1.88 bits per heavy atom. The van der Waals surface area contributed by atoms with Gasteiger partial charge in [-0.05, 0) is 43.2 Å².